The molecule has 1 fully saturated rings. The van der Waals surface area contributed by atoms with E-state index >= 15 is 0 Å². The summed E-state index contributed by atoms with van der Waals surface area (Å²) in [5, 5.41) is 3.11. The molecule has 6 heteroatoms. The smallest absolute Gasteiger partial charge is 0.193 e. The van der Waals surface area contributed by atoms with E-state index in [1.807, 2.05) is 24.3 Å². The maximum Gasteiger partial charge on any atom is 0.193 e. The maximum atomic E-state index is 6.06. The monoisotopic (exact) mass is 334 g/mol. The molecule has 24 heavy (non-hydrogen) atoms. The van der Waals surface area contributed by atoms with Crippen molar-refractivity contribution in [2.45, 2.75) is 45.4 Å². The number of para-hydroxylation sites is 2. The molecular formula is C18H30N4O2. The second kappa shape index (κ2) is 7.85. The fraction of sp³-hybridized carbons (Fsp3) is 0.611. The summed E-state index contributed by atoms with van der Waals surface area (Å²) in [6, 6.07) is 7.65. The lowest BCUT2D eigenvalue weighted by Gasteiger charge is -2.44. The first-order valence-corrected chi connectivity index (χ1v) is 8.42. The van der Waals surface area contributed by atoms with Crippen molar-refractivity contribution in [1.82, 2.24) is 4.90 Å². The summed E-state index contributed by atoms with van der Waals surface area (Å²) >= 11 is 0. The van der Waals surface area contributed by atoms with Gasteiger partial charge in [-0.25, -0.2) is 0 Å². The molecule has 0 saturated carbocycles. The van der Waals surface area contributed by atoms with Gasteiger partial charge in [0.15, 0.2) is 5.96 Å². The van der Waals surface area contributed by atoms with Gasteiger partial charge in [0.2, 0.25) is 0 Å². The van der Waals surface area contributed by atoms with E-state index in [4.69, 9.17) is 15.2 Å². The molecule has 2 rings (SSSR count). The summed E-state index contributed by atoms with van der Waals surface area (Å²) in [5.41, 5.74) is 6.79. The molecule has 1 aliphatic heterocycles. The quantitative estimate of drug-likeness (QED) is 0.639. The van der Waals surface area contributed by atoms with Crippen molar-refractivity contribution in [1.29, 1.82) is 0 Å². The van der Waals surface area contributed by atoms with Crippen molar-refractivity contribution in [3.8, 4) is 5.75 Å². The van der Waals surface area contributed by atoms with Gasteiger partial charge in [-0.3, -0.25) is 9.89 Å². The summed E-state index contributed by atoms with van der Waals surface area (Å²) in [5.74, 6) is 1.13. The zero-order valence-corrected chi connectivity index (χ0v) is 15.4. The molecule has 1 aromatic rings. The fourth-order valence-electron chi connectivity index (χ4n) is 2.98. The number of ether oxygens (including phenoxy) is 2. The third-order valence-corrected chi connectivity index (χ3v) is 4.28. The van der Waals surface area contributed by atoms with Gasteiger partial charge in [0.25, 0.3) is 0 Å². The van der Waals surface area contributed by atoms with Gasteiger partial charge in [-0.1, -0.05) is 12.1 Å². The van der Waals surface area contributed by atoms with Crippen LogP contribution in [-0.2, 0) is 4.74 Å². The van der Waals surface area contributed by atoms with E-state index in [0.29, 0.717) is 12.5 Å². The number of morpholine rings is 1. The van der Waals surface area contributed by atoms with E-state index in [9.17, 15) is 0 Å². The Morgan fingerprint density at radius 2 is 1.96 bits per heavy atom. The highest BCUT2D eigenvalue weighted by atomic mass is 16.5. The van der Waals surface area contributed by atoms with Crippen molar-refractivity contribution in [3.05, 3.63) is 24.3 Å². The SMILES string of the molecule is COc1ccccc1NC(N)=NCC(C)(C)N1CC(C)OC(C)C1. The molecule has 1 aliphatic rings. The van der Waals surface area contributed by atoms with E-state index in [2.05, 4.69) is 42.9 Å². The largest absolute Gasteiger partial charge is 0.495 e. The van der Waals surface area contributed by atoms with Gasteiger partial charge in [0.1, 0.15) is 5.75 Å². The van der Waals surface area contributed by atoms with E-state index in [1.54, 1.807) is 7.11 Å². The molecule has 0 radical (unpaired) electrons. The van der Waals surface area contributed by atoms with Gasteiger partial charge in [0.05, 0.1) is 31.5 Å². The van der Waals surface area contributed by atoms with Gasteiger partial charge < -0.3 is 20.5 Å². The van der Waals surface area contributed by atoms with Gasteiger partial charge in [0, 0.05) is 18.6 Å². The van der Waals surface area contributed by atoms with Crippen LogP contribution in [0, 0.1) is 0 Å². The number of nitrogens with two attached hydrogens (primary N) is 1. The van der Waals surface area contributed by atoms with Crippen molar-refractivity contribution in [2.24, 2.45) is 10.7 Å². The van der Waals surface area contributed by atoms with Crippen LogP contribution < -0.4 is 15.8 Å². The molecule has 3 N–H and O–H groups in total. The molecule has 134 valence electrons. The van der Waals surface area contributed by atoms with Gasteiger partial charge >= 0.3 is 0 Å². The van der Waals surface area contributed by atoms with E-state index in [0.717, 1.165) is 24.5 Å². The van der Waals surface area contributed by atoms with Crippen molar-refractivity contribution < 1.29 is 9.47 Å². The lowest BCUT2D eigenvalue weighted by atomic mass is 10.0. The van der Waals surface area contributed by atoms with Gasteiger partial charge in [-0.15, -0.1) is 0 Å². The van der Waals surface area contributed by atoms with E-state index in [1.165, 1.54) is 0 Å². The Bertz CT molecular complexity index is 564. The Morgan fingerprint density at radius 3 is 2.58 bits per heavy atom. The van der Waals surface area contributed by atoms with E-state index < -0.39 is 0 Å². The van der Waals surface area contributed by atoms with Crippen LogP contribution in [0.3, 0.4) is 0 Å². The first-order chi connectivity index (χ1) is 11.3. The predicted molar refractivity (Wildman–Crippen MR) is 98.8 cm³/mol. The van der Waals surface area contributed by atoms with E-state index in [-0.39, 0.29) is 17.7 Å². The Kier molecular flexibility index (Phi) is 6.07. The number of anilines is 1. The van der Waals surface area contributed by atoms with Crippen molar-refractivity contribution in [3.63, 3.8) is 0 Å². The summed E-state index contributed by atoms with van der Waals surface area (Å²) in [7, 11) is 1.64. The first kappa shape index (κ1) is 18.5. The molecule has 2 atom stereocenters. The second-order valence-electron chi connectivity index (χ2n) is 7.00. The summed E-state index contributed by atoms with van der Waals surface area (Å²) in [6.07, 6.45) is 0.474. The average molecular weight is 334 g/mol. The average Bonchev–Trinajstić information content (AvgIpc) is 2.53. The molecule has 0 aromatic heterocycles. The minimum atomic E-state index is -0.0840. The van der Waals surface area contributed by atoms with Crippen LogP contribution in [0.1, 0.15) is 27.7 Å². The van der Waals surface area contributed by atoms with Gasteiger partial charge in [-0.2, -0.15) is 0 Å². The number of aliphatic imine (C=N–C) groups is 1. The minimum Gasteiger partial charge on any atom is -0.495 e. The van der Waals surface area contributed by atoms with Crippen molar-refractivity contribution >= 4 is 11.6 Å². The highest BCUT2D eigenvalue weighted by Gasteiger charge is 2.33. The number of nitrogens with one attached hydrogen (secondary N) is 1. The normalized spacial score (nSPS) is 23.1. The minimum absolute atomic E-state index is 0.0840. The maximum absolute atomic E-state index is 6.06. The lowest BCUT2D eigenvalue weighted by Crippen LogP contribution is -2.56. The Balaban J connectivity index is 2.00. The molecule has 1 heterocycles. The molecule has 0 bridgehead atoms. The Morgan fingerprint density at radius 1 is 1.33 bits per heavy atom. The summed E-state index contributed by atoms with van der Waals surface area (Å²) in [4.78, 5) is 6.96. The first-order valence-electron chi connectivity index (χ1n) is 8.42. The third kappa shape index (κ3) is 4.85. The van der Waals surface area contributed by atoms with Gasteiger partial charge in [-0.05, 0) is 39.8 Å². The number of benzene rings is 1. The predicted octanol–water partition coefficient (Wildman–Crippen LogP) is 2.31. The fourth-order valence-corrected chi connectivity index (χ4v) is 2.98. The van der Waals surface area contributed by atoms with Crippen molar-refractivity contribution in [2.75, 3.05) is 32.1 Å². The van der Waals surface area contributed by atoms with Crippen LogP contribution in [-0.4, -0.2) is 55.4 Å². The third-order valence-electron chi connectivity index (χ3n) is 4.28. The standard InChI is InChI=1S/C18H30N4O2/c1-13-10-22(11-14(2)24-13)18(3,4)12-20-17(19)21-15-8-6-7-9-16(15)23-5/h6-9,13-14H,10-12H2,1-5H3,(H3,19,20,21). The topological polar surface area (TPSA) is 72.1 Å². The number of rotatable bonds is 5. The molecule has 0 spiro atoms. The number of methoxy groups -OCH3 is 1. The molecular weight excluding hydrogens is 304 g/mol. The second-order valence-corrected chi connectivity index (χ2v) is 7.00. The zero-order valence-electron chi connectivity index (χ0n) is 15.4. The number of hydrogen-bond acceptors (Lipinski definition) is 4. The molecule has 6 nitrogen and oxygen atoms in total. The lowest BCUT2D eigenvalue weighted by molar-refractivity contribution is -0.0939. The number of guanidine groups is 1. The van der Waals surface area contributed by atoms with Crippen LogP contribution in [0.2, 0.25) is 0 Å². The van der Waals surface area contributed by atoms with Crippen LogP contribution in [0.5, 0.6) is 5.75 Å². The molecule has 1 saturated heterocycles. The Hall–Kier alpha value is -1.79. The molecule has 0 amide bonds. The summed E-state index contributed by atoms with van der Waals surface area (Å²) in [6.45, 7) is 11.0. The molecule has 2 unspecified atom stereocenters. The highest BCUT2D eigenvalue weighted by Crippen LogP contribution is 2.23. The summed E-state index contributed by atoms with van der Waals surface area (Å²) < 4.78 is 11.1. The van der Waals surface area contributed by atoms with Crippen LogP contribution in [0.15, 0.2) is 29.3 Å². The number of nitrogens with zero attached hydrogens (tertiary/aromatic N) is 2. The highest BCUT2D eigenvalue weighted by molar-refractivity contribution is 5.93. The molecule has 0 aliphatic carbocycles. The van der Waals surface area contributed by atoms with Crippen LogP contribution in [0.25, 0.3) is 0 Å². The zero-order chi connectivity index (χ0) is 17.7. The number of hydrogen-bond donors (Lipinski definition) is 2. The van der Waals surface area contributed by atoms with Crippen LogP contribution in [0.4, 0.5) is 5.69 Å². The Labute approximate surface area is 145 Å². The molecule has 1 aromatic carbocycles. The van der Waals surface area contributed by atoms with Crippen LogP contribution >= 0.6 is 0 Å².